The van der Waals surface area contributed by atoms with Crippen LogP contribution in [0.15, 0.2) is 28.9 Å². The third-order valence-electron chi connectivity index (χ3n) is 1.86. The summed E-state index contributed by atoms with van der Waals surface area (Å²) in [6.07, 6.45) is 1.72. The van der Waals surface area contributed by atoms with Gasteiger partial charge in [0.25, 0.3) is 0 Å². The molecule has 0 saturated carbocycles. The normalized spacial score (nSPS) is 10.6. The minimum absolute atomic E-state index is 0.274. The van der Waals surface area contributed by atoms with Gasteiger partial charge < -0.3 is 5.73 Å². The number of rotatable bonds is 2. The first kappa shape index (κ1) is 10.7. The molecule has 2 nitrogen and oxygen atoms in total. The molecule has 1 aromatic heterocycles. The Kier molecular flexibility index (Phi) is 3.14. The molecule has 1 heterocycles. The number of benzene rings is 1. The molecule has 0 atom stereocenters. The van der Waals surface area contributed by atoms with Gasteiger partial charge in [0.15, 0.2) is 0 Å². The fraction of sp³-hybridized carbons (Fsp3) is 0.100. The fourth-order valence-corrected chi connectivity index (χ4v) is 2.46. The van der Waals surface area contributed by atoms with Gasteiger partial charge in [-0.3, -0.25) is 0 Å². The van der Waals surface area contributed by atoms with E-state index in [1.807, 2.05) is 6.07 Å². The maximum absolute atomic E-state index is 13.1. The van der Waals surface area contributed by atoms with Crippen molar-refractivity contribution in [1.29, 1.82) is 0 Å². The Balaban J connectivity index is 2.44. The summed E-state index contributed by atoms with van der Waals surface area (Å²) in [4.78, 5) is 5.18. The zero-order chi connectivity index (χ0) is 10.8. The van der Waals surface area contributed by atoms with Crippen molar-refractivity contribution in [3.8, 4) is 10.6 Å². The predicted octanol–water partition coefficient (Wildman–Crippen LogP) is 3.17. The molecule has 2 N–H and O–H groups in total. The number of aromatic nitrogens is 1. The van der Waals surface area contributed by atoms with Gasteiger partial charge in [-0.1, -0.05) is 15.9 Å². The van der Waals surface area contributed by atoms with Crippen LogP contribution >= 0.6 is 27.3 Å². The molecule has 0 spiro atoms. The van der Waals surface area contributed by atoms with Crippen molar-refractivity contribution in [2.45, 2.75) is 6.54 Å². The van der Waals surface area contributed by atoms with E-state index in [0.29, 0.717) is 11.0 Å². The first-order valence-electron chi connectivity index (χ1n) is 4.30. The van der Waals surface area contributed by atoms with Gasteiger partial charge in [-0.05, 0) is 18.2 Å². The van der Waals surface area contributed by atoms with E-state index in [2.05, 4.69) is 20.9 Å². The minimum atomic E-state index is -0.274. The quantitative estimate of drug-likeness (QED) is 0.921. The lowest BCUT2D eigenvalue weighted by Gasteiger charge is -1.97. The minimum Gasteiger partial charge on any atom is -0.326 e. The van der Waals surface area contributed by atoms with Crippen LogP contribution < -0.4 is 5.73 Å². The van der Waals surface area contributed by atoms with Crippen LogP contribution in [0.3, 0.4) is 0 Å². The maximum atomic E-state index is 13.1. The van der Waals surface area contributed by atoms with Crippen molar-refractivity contribution < 1.29 is 4.39 Å². The summed E-state index contributed by atoms with van der Waals surface area (Å²) in [5.74, 6) is -0.274. The fourth-order valence-electron chi connectivity index (χ4n) is 1.21. The molecule has 0 unspecified atom stereocenters. The van der Waals surface area contributed by atoms with Crippen LogP contribution in [0, 0.1) is 5.82 Å². The highest BCUT2D eigenvalue weighted by molar-refractivity contribution is 9.10. The molecule has 2 aromatic rings. The lowest BCUT2D eigenvalue weighted by molar-refractivity contribution is 0.627. The molecule has 0 aliphatic heterocycles. The van der Waals surface area contributed by atoms with Crippen LogP contribution in [0.4, 0.5) is 4.39 Å². The van der Waals surface area contributed by atoms with Crippen molar-refractivity contribution in [1.82, 2.24) is 4.98 Å². The maximum Gasteiger partial charge on any atom is 0.125 e. The van der Waals surface area contributed by atoms with Gasteiger partial charge in [-0.15, -0.1) is 11.3 Å². The van der Waals surface area contributed by atoms with Crippen LogP contribution in [0.25, 0.3) is 10.6 Å². The Bertz CT molecular complexity index is 464. The molecule has 0 aliphatic rings. The molecule has 0 aliphatic carbocycles. The molecule has 5 heteroatoms. The van der Waals surface area contributed by atoms with Crippen LogP contribution in [0.1, 0.15) is 4.88 Å². The predicted molar refractivity (Wildman–Crippen MR) is 63.1 cm³/mol. The summed E-state index contributed by atoms with van der Waals surface area (Å²) >= 11 is 4.73. The van der Waals surface area contributed by atoms with Crippen LogP contribution in [0.2, 0.25) is 0 Å². The zero-order valence-corrected chi connectivity index (χ0v) is 10.1. The van der Waals surface area contributed by atoms with Gasteiger partial charge in [0.1, 0.15) is 10.8 Å². The molecule has 0 bridgehead atoms. The molecule has 15 heavy (non-hydrogen) atoms. The summed E-state index contributed by atoms with van der Waals surface area (Å²) < 4.78 is 13.8. The van der Waals surface area contributed by atoms with E-state index in [4.69, 9.17) is 5.73 Å². The second-order valence-corrected chi connectivity index (χ2v) is 5.02. The average molecular weight is 287 g/mol. The Morgan fingerprint density at radius 3 is 2.80 bits per heavy atom. The lowest BCUT2D eigenvalue weighted by atomic mass is 10.2. The van der Waals surface area contributed by atoms with Crippen molar-refractivity contribution in [2.75, 3.05) is 0 Å². The number of nitrogens with zero attached hydrogens (tertiary/aromatic N) is 1. The van der Waals surface area contributed by atoms with E-state index >= 15 is 0 Å². The second kappa shape index (κ2) is 4.38. The highest BCUT2D eigenvalue weighted by Crippen LogP contribution is 2.28. The largest absolute Gasteiger partial charge is 0.326 e. The van der Waals surface area contributed by atoms with Gasteiger partial charge in [-0.25, -0.2) is 9.37 Å². The van der Waals surface area contributed by atoms with Crippen molar-refractivity contribution >= 4 is 27.3 Å². The molecule has 2 rings (SSSR count). The van der Waals surface area contributed by atoms with E-state index in [0.717, 1.165) is 15.4 Å². The van der Waals surface area contributed by atoms with Crippen molar-refractivity contribution in [3.05, 3.63) is 39.6 Å². The second-order valence-electron chi connectivity index (χ2n) is 2.99. The Labute approximate surface area is 99.1 Å². The Morgan fingerprint density at radius 2 is 2.20 bits per heavy atom. The Morgan fingerprint density at radius 1 is 1.40 bits per heavy atom. The van der Waals surface area contributed by atoms with Crippen LogP contribution in [-0.4, -0.2) is 4.98 Å². The van der Waals surface area contributed by atoms with Crippen molar-refractivity contribution in [3.63, 3.8) is 0 Å². The number of thiazole rings is 1. The average Bonchev–Trinajstić information content (AvgIpc) is 2.64. The molecule has 0 amide bonds. The van der Waals surface area contributed by atoms with E-state index < -0.39 is 0 Å². The number of nitrogens with two attached hydrogens (primary N) is 1. The van der Waals surface area contributed by atoms with Gasteiger partial charge >= 0.3 is 0 Å². The van der Waals surface area contributed by atoms with Gasteiger partial charge in [0.05, 0.1) is 0 Å². The van der Waals surface area contributed by atoms with E-state index in [1.54, 1.807) is 6.20 Å². The number of hydrogen-bond acceptors (Lipinski definition) is 3. The summed E-state index contributed by atoms with van der Waals surface area (Å²) in [6.45, 7) is 0.466. The molecule has 0 fully saturated rings. The third kappa shape index (κ3) is 2.42. The van der Waals surface area contributed by atoms with E-state index in [1.165, 1.54) is 23.5 Å². The molecule has 0 saturated heterocycles. The number of hydrogen-bond donors (Lipinski definition) is 1. The van der Waals surface area contributed by atoms with Crippen molar-refractivity contribution in [2.24, 2.45) is 5.73 Å². The topological polar surface area (TPSA) is 38.9 Å². The lowest BCUT2D eigenvalue weighted by Crippen LogP contribution is -1.91. The van der Waals surface area contributed by atoms with Crippen LogP contribution in [-0.2, 0) is 6.54 Å². The highest BCUT2D eigenvalue weighted by Gasteiger charge is 2.06. The summed E-state index contributed by atoms with van der Waals surface area (Å²) in [5, 5.41) is 0.788. The summed E-state index contributed by atoms with van der Waals surface area (Å²) in [5.41, 5.74) is 6.26. The van der Waals surface area contributed by atoms with E-state index in [9.17, 15) is 4.39 Å². The first-order valence-corrected chi connectivity index (χ1v) is 5.91. The summed E-state index contributed by atoms with van der Waals surface area (Å²) in [6, 6.07) is 4.72. The molecule has 1 aromatic carbocycles. The summed E-state index contributed by atoms with van der Waals surface area (Å²) in [7, 11) is 0. The van der Waals surface area contributed by atoms with E-state index in [-0.39, 0.29) is 5.82 Å². The zero-order valence-electron chi connectivity index (χ0n) is 7.71. The van der Waals surface area contributed by atoms with Gasteiger partial charge in [0.2, 0.25) is 0 Å². The standard InChI is InChI=1S/C10H8BrFN2S/c11-7-1-6(2-8(12)3-7)10-14-5-9(4-13)15-10/h1-3,5H,4,13H2. The first-order chi connectivity index (χ1) is 7.19. The monoisotopic (exact) mass is 286 g/mol. The smallest absolute Gasteiger partial charge is 0.125 e. The van der Waals surface area contributed by atoms with Crippen LogP contribution in [0.5, 0.6) is 0 Å². The number of halogens is 2. The SMILES string of the molecule is NCc1cnc(-c2cc(F)cc(Br)c2)s1. The molecular weight excluding hydrogens is 279 g/mol. The Hall–Kier alpha value is -0.780. The highest BCUT2D eigenvalue weighted by atomic mass is 79.9. The van der Waals surface area contributed by atoms with Gasteiger partial charge in [0, 0.05) is 27.7 Å². The molecular formula is C10H8BrFN2S. The van der Waals surface area contributed by atoms with Gasteiger partial charge in [-0.2, -0.15) is 0 Å². The molecule has 0 radical (unpaired) electrons. The third-order valence-corrected chi connectivity index (χ3v) is 3.39. The molecule has 78 valence electrons.